The molecule has 0 saturated heterocycles. The smallest absolute Gasteiger partial charge is 0.326 e. The van der Waals surface area contributed by atoms with Crippen LogP contribution in [-0.4, -0.2) is 116 Å². The highest BCUT2D eigenvalue weighted by atomic mass is 32.1. The van der Waals surface area contributed by atoms with Crippen molar-refractivity contribution < 1.29 is 68.4 Å². The first-order chi connectivity index (χ1) is 41.3. The Bertz CT molecular complexity index is 3480. The van der Waals surface area contributed by atoms with Crippen LogP contribution in [0, 0.1) is 0 Å². The number of amides is 6. The second kappa shape index (κ2) is 29.8. The molecule has 0 aliphatic rings. The van der Waals surface area contributed by atoms with Gasteiger partial charge in [-0.15, -0.1) is 45.3 Å². The van der Waals surface area contributed by atoms with E-state index >= 15 is 0 Å². The second-order valence-electron chi connectivity index (χ2n) is 19.6. The number of nitrogens with one attached hydrogen (secondary N) is 6. The van der Waals surface area contributed by atoms with Crippen LogP contribution >= 0.6 is 45.3 Å². The fraction of sp³-hybridized carbons (Fsp3) is 0.194. The Kier molecular flexibility index (Phi) is 21.6. The molecule has 0 saturated carbocycles. The molecule has 0 aliphatic carbocycles. The van der Waals surface area contributed by atoms with Gasteiger partial charge in [0, 0.05) is 54.9 Å². The lowest BCUT2D eigenvalue weighted by molar-refractivity contribution is -0.147. The highest BCUT2D eigenvalue weighted by molar-refractivity contribution is 7.29. The zero-order chi connectivity index (χ0) is 61.3. The first kappa shape index (κ1) is 62.4. The van der Waals surface area contributed by atoms with Crippen LogP contribution in [-0.2, 0) is 64.0 Å². The number of hydrogen-bond acceptors (Lipinski definition) is 14. The number of hydrogen-bond donors (Lipinski definition) is 10. The number of aliphatic carboxylic acids is 4. The van der Waals surface area contributed by atoms with E-state index in [-0.39, 0.29) is 25.7 Å². The number of carboxylic acids is 4. The van der Waals surface area contributed by atoms with Crippen molar-refractivity contribution in [3.63, 3.8) is 0 Å². The summed E-state index contributed by atoms with van der Waals surface area (Å²) in [6, 6.07) is 41.0. The van der Waals surface area contributed by atoms with Crippen molar-refractivity contribution in [2.75, 3.05) is 0 Å². The van der Waals surface area contributed by atoms with Crippen molar-refractivity contribution in [3.8, 4) is 29.3 Å². The van der Waals surface area contributed by atoms with Crippen LogP contribution in [0.2, 0.25) is 0 Å². The topological polar surface area (TPSA) is 324 Å². The largest absolute Gasteiger partial charge is 0.481 e. The van der Waals surface area contributed by atoms with Crippen LogP contribution in [0.15, 0.2) is 170 Å². The standard InChI is InChI=1S/C62H56N6O14S4/c69-53(70)33-43(61(79)80)67-57(75)39(29-35-13-5-1-6-14-35)63-55(73)41(31-37-17-9-3-10-18-37)65-59(77)51-27-25-49(85-51)47-23-21-45(83-47)46-22-24-48(84-46)50-26-28-52(86-50)60(78)66-42(32-38-19-11-4-12-20-38)56(74)64-40(30-36-15-7-2-8-16-36)58(76)68-44(62(81)82)34-54(71)72/h1-28,39-44H,29-34H2,(H,63,73)(H,64,74)(H,65,77)(H,66,78)(H,67,75)(H,68,76)(H,69,70)(H,71,72)(H,79,80)(H,81,82)/t39-,40-,41-,42-,43-,44-/m0/s1. The molecule has 0 fully saturated rings. The number of thiophene rings is 4. The van der Waals surface area contributed by atoms with Crippen LogP contribution in [0.3, 0.4) is 0 Å². The maximum atomic E-state index is 14.2. The monoisotopic (exact) mass is 1240 g/mol. The van der Waals surface area contributed by atoms with Crippen molar-refractivity contribution in [2.45, 2.75) is 74.8 Å². The predicted octanol–water partition coefficient (Wildman–Crippen LogP) is 7.16. The Morgan fingerprint density at radius 2 is 0.523 bits per heavy atom. The third kappa shape index (κ3) is 17.7. The average molecular weight is 1240 g/mol. The Morgan fingerprint density at radius 1 is 0.291 bits per heavy atom. The molecule has 8 rings (SSSR count). The molecule has 0 unspecified atom stereocenters. The molecule has 86 heavy (non-hydrogen) atoms. The predicted molar refractivity (Wildman–Crippen MR) is 325 cm³/mol. The van der Waals surface area contributed by atoms with E-state index in [0.29, 0.717) is 32.0 Å². The molecular weight excluding hydrogens is 1180 g/mol. The molecule has 4 aromatic carbocycles. The summed E-state index contributed by atoms with van der Waals surface area (Å²) >= 11 is 5.39. The highest BCUT2D eigenvalue weighted by Crippen LogP contribution is 2.43. The fourth-order valence-corrected chi connectivity index (χ4v) is 13.0. The van der Waals surface area contributed by atoms with Crippen molar-refractivity contribution in [2.24, 2.45) is 0 Å². The number of carboxylic acid groups (broad SMARTS) is 4. The SMILES string of the molecule is O=C(O)C[C@H](NC(=O)[C@H](Cc1ccccc1)NC(=O)[C@H](Cc1ccccc1)NC(=O)c1ccc(-c2ccc(-c3ccc(-c4ccc(C(=O)N[C@@H](Cc5ccccc5)C(=O)N[C@@H](Cc5ccccc5)C(=O)N[C@@H](CC(=O)O)C(=O)O)s4)s3)s2)s1)C(=O)O. The molecule has 4 heterocycles. The molecule has 6 atom stereocenters. The lowest BCUT2D eigenvalue weighted by atomic mass is 10.0. The minimum Gasteiger partial charge on any atom is -0.481 e. The van der Waals surface area contributed by atoms with Gasteiger partial charge in [-0.25, -0.2) is 9.59 Å². The molecule has 4 aromatic heterocycles. The van der Waals surface area contributed by atoms with Gasteiger partial charge in [0.1, 0.15) is 36.3 Å². The Labute approximate surface area is 508 Å². The van der Waals surface area contributed by atoms with Gasteiger partial charge in [-0.2, -0.15) is 0 Å². The molecule has 0 radical (unpaired) electrons. The van der Waals surface area contributed by atoms with Gasteiger partial charge >= 0.3 is 23.9 Å². The first-order valence-electron chi connectivity index (χ1n) is 26.6. The zero-order valence-electron chi connectivity index (χ0n) is 45.4. The molecule has 8 aromatic rings. The third-order valence-corrected chi connectivity index (χ3v) is 18.2. The number of carbonyl (C=O) groups is 10. The van der Waals surface area contributed by atoms with Crippen LogP contribution in [0.25, 0.3) is 29.3 Å². The minimum atomic E-state index is -1.77. The van der Waals surface area contributed by atoms with Gasteiger partial charge in [0.25, 0.3) is 11.8 Å². The number of carbonyl (C=O) groups excluding carboxylic acids is 6. The van der Waals surface area contributed by atoms with E-state index in [1.165, 1.54) is 45.3 Å². The van der Waals surface area contributed by atoms with E-state index in [1.54, 1.807) is 146 Å². The average Bonchev–Trinajstić information content (AvgIpc) is 4.31. The summed E-state index contributed by atoms with van der Waals surface area (Å²) in [7, 11) is 0. The van der Waals surface area contributed by atoms with Crippen LogP contribution in [0.5, 0.6) is 0 Å². The Balaban J connectivity index is 0.940. The molecule has 20 nitrogen and oxygen atoms in total. The van der Waals surface area contributed by atoms with E-state index in [0.717, 1.165) is 29.3 Å². The third-order valence-electron chi connectivity index (χ3n) is 13.2. The van der Waals surface area contributed by atoms with Gasteiger partial charge < -0.3 is 52.3 Å². The van der Waals surface area contributed by atoms with Gasteiger partial charge in [0.2, 0.25) is 23.6 Å². The summed E-state index contributed by atoms with van der Waals surface area (Å²) in [5, 5.41) is 53.4. The summed E-state index contributed by atoms with van der Waals surface area (Å²) in [5.41, 5.74) is 2.64. The maximum absolute atomic E-state index is 14.2. The molecule has 10 N–H and O–H groups in total. The van der Waals surface area contributed by atoms with Crippen molar-refractivity contribution in [1.29, 1.82) is 0 Å². The molecule has 0 spiro atoms. The number of benzene rings is 4. The van der Waals surface area contributed by atoms with Crippen LogP contribution in [0.1, 0.15) is 54.4 Å². The molecule has 6 amide bonds. The van der Waals surface area contributed by atoms with Crippen molar-refractivity contribution >= 4 is 105 Å². The molecule has 0 aliphatic heterocycles. The minimum absolute atomic E-state index is 0.0256. The molecule has 0 bridgehead atoms. The maximum Gasteiger partial charge on any atom is 0.326 e. The summed E-state index contributed by atoms with van der Waals surface area (Å²) in [5.74, 6) is -10.5. The van der Waals surface area contributed by atoms with E-state index in [4.69, 9.17) is 0 Å². The van der Waals surface area contributed by atoms with Gasteiger partial charge in [-0.05, 0) is 70.8 Å². The lowest BCUT2D eigenvalue weighted by Gasteiger charge is -2.24. The van der Waals surface area contributed by atoms with Gasteiger partial charge in [0.05, 0.1) is 22.6 Å². The van der Waals surface area contributed by atoms with Gasteiger partial charge in [-0.1, -0.05) is 121 Å². The fourth-order valence-electron chi connectivity index (χ4n) is 8.92. The van der Waals surface area contributed by atoms with Crippen molar-refractivity contribution in [3.05, 3.63) is 202 Å². The molecule has 442 valence electrons. The van der Waals surface area contributed by atoms with Gasteiger partial charge in [0.15, 0.2) is 0 Å². The van der Waals surface area contributed by atoms with Gasteiger partial charge in [-0.3, -0.25) is 38.4 Å². The normalized spacial score (nSPS) is 13.1. The molecular formula is C62H56N6O14S4. The quantitative estimate of drug-likeness (QED) is 0.0223. The zero-order valence-corrected chi connectivity index (χ0v) is 48.6. The van der Waals surface area contributed by atoms with Crippen molar-refractivity contribution in [1.82, 2.24) is 31.9 Å². The van der Waals surface area contributed by atoms with Crippen LogP contribution < -0.4 is 31.9 Å². The summed E-state index contributed by atoms with van der Waals surface area (Å²) in [6.45, 7) is 0. The number of rotatable bonds is 29. The first-order valence-corrected chi connectivity index (χ1v) is 29.9. The highest BCUT2D eigenvalue weighted by Gasteiger charge is 2.34. The summed E-state index contributed by atoms with van der Waals surface area (Å²) in [6.07, 6.45) is -1.90. The Hall–Kier alpha value is -9.62. The summed E-state index contributed by atoms with van der Waals surface area (Å²) < 4.78 is 0. The summed E-state index contributed by atoms with van der Waals surface area (Å²) in [4.78, 5) is 136. The van der Waals surface area contributed by atoms with E-state index in [2.05, 4.69) is 31.9 Å². The van der Waals surface area contributed by atoms with E-state index < -0.39 is 108 Å². The lowest BCUT2D eigenvalue weighted by Crippen LogP contribution is -2.57. The van der Waals surface area contributed by atoms with Crippen LogP contribution in [0.4, 0.5) is 0 Å². The van der Waals surface area contributed by atoms with E-state index in [9.17, 15) is 68.4 Å². The molecule has 24 heteroatoms. The second-order valence-corrected chi connectivity index (χ2v) is 23.9. The van der Waals surface area contributed by atoms with E-state index in [1.807, 2.05) is 24.3 Å². The Morgan fingerprint density at radius 3 is 0.779 bits per heavy atom.